The fourth-order valence-electron chi connectivity index (χ4n) is 2.86. The van der Waals surface area contributed by atoms with Crippen LogP contribution in [0.5, 0.6) is 0 Å². The van der Waals surface area contributed by atoms with E-state index in [2.05, 4.69) is 5.32 Å². The zero-order chi connectivity index (χ0) is 22.5. The van der Waals surface area contributed by atoms with Crippen LogP contribution in [0, 0.1) is 17.1 Å². The van der Waals surface area contributed by atoms with Crippen molar-refractivity contribution in [2.75, 3.05) is 23.4 Å². The summed E-state index contributed by atoms with van der Waals surface area (Å²) in [5, 5.41) is 11.8. The Morgan fingerprint density at radius 3 is 2.58 bits per heavy atom. The molecule has 0 aliphatic heterocycles. The molecule has 8 nitrogen and oxygen atoms in total. The Balaban J connectivity index is 2.26. The maximum absolute atomic E-state index is 13.7. The second kappa shape index (κ2) is 9.36. The summed E-state index contributed by atoms with van der Waals surface area (Å²) in [6.45, 7) is 3.41. The van der Waals surface area contributed by atoms with Crippen LogP contribution in [0.15, 0.2) is 40.8 Å². The van der Waals surface area contributed by atoms with Gasteiger partial charge in [-0.05, 0) is 50.2 Å². The second-order valence-electron chi connectivity index (χ2n) is 6.08. The van der Waals surface area contributed by atoms with Gasteiger partial charge in [0.2, 0.25) is 5.88 Å². The van der Waals surface area contributed by atoms with E-state index in [0.717, 1.165) is 11.0 Å². The molecule has 31 heavy (non-hydrogen) atoms. The van der Waals surface area contributed by atoms with Gasteiger partial charge in [-0.25, -0.2) is 18.9 Å². The lowest BCUT2D eigenvalue weighted by atomic mass is 10.1. The number of benzene rings is 2. The Kier molecular flexibility index (Phi) is 6.62. The Hall–Kier alpha value is -3.77. The Labute approximate surface area is 181 Å². The Morgan fingerprint density at radius 1 is 1.19 bits per heavy atom. The molecule has 1 N–H and O–H groups in total. The fraction of sp³-hybridized carbons (Fsp3) is 0.190. The number of carbonyl (C=O) groups is 2. The summed E-state index contributed by atoms with van der Waals surface area (Å²) in [7, 11) is 0. The minimum Gasteiger partial charge on any atom is -0.450 e. The van der Waals surface area contributed by atoms with Gasteiger partial charge in [0.05, 0.1) is 35.6 Å². The molecule has 0 fully saturated rings. The summed E-state index contributed by atoms with van der Waals surface area (Å²) >= 11 is 5.92. The van der Waals surface area contributed by atoms with Crippen molar-refractivity contribution in [1.82, 2.24) is 0 Å². The Bertz CT molecular complexity index is 1190. The summed E-state index contributed by atoms with van der Waals surface area (Å²) in [5.74, 6) is -0.799. The number of anilines is 3. The summed E-state index contributed by atoms with van der Waals surface area (Å²) in [4.78, 5) is 26.1. The molecule has 0 atom stereocenters. The smallest absolute Gasteiger partial charge is 0.419 e. The number of nitriles is 1. The molecule has 1 aromatic heterocycles. The molecule has 160 valence electrons. The van der Waals surface area contributed by atoms with Crippen LogP contribution < -0.4 is 10.2 Å². The molecule has 1 heterocycles. The predicted molar refractivity (Wildman–Crippen MR) is 112 cm³/mol. The number of rotatable bonds is 5. The maximum Gasteiger partial charge on any atom is 0.419 e. The van der Waals surface area contributed by atoms with Gasteiger partial charge in [0, 0.05) is 5.39 Å². The zero-order valence-electron chi connectivity index (χ0n) is 16.6. The van der Waals surface area contributed by atoms with Crippen molar-refractivity contribution in [2.45, 2.75) is 13.8 Å². The lowest BCUT2D eigenvalue weighted by Gasteiger charge is -2.22. The van der Waals surface area contributed by atoms with Crippen LogP contribution in [0.4, 0.5) is 31.2 Å². The van der Waals surface area contributed by atoms with Crippen molar-refractivity contribution in [3.05, 3.63) is 52.8 Å². The number of hydrogen-bond acceptors (Lipinski definition) is 6. The number of furan rings is 1. The van der Waals surface area contributed by atoms with Gasteiger partial charge in [-0.15, -0.1) is 0 Å². The maximum atomic E-state index is 13.7. The number of hydrogen-bond donors (Lipinski definition) is 1. The zero-order valence-corrected chi connectivity index (χ0v) is 17.3. The highest BCUT2D eigenvalue weighted by atomic mass is 35.5. The largest absolute Gasteiger partial charge is 0.450 e. The number of halogens is 2. The third-order valence-corrected chi connectivity index (χ3v) is 4.41. The van der Waals surface area contributed by atoms with Crippen molar-refractivity contribution in [3.63, 3.8) is 0 Å². The van der Waals surface area contributed by atoms with Gasteiger partial charge in [0.1, 0.15) is 17.1 Å². The molecule has 0 spiro atoms. The van der Waals surface area contributed by atoms with Crippen LogP contribution in [0.2, 0.25) is 5.02 Å². The molecule has 0 aliphatic carbocycles. The van der Waals surface area contributed by atoms with E-state index < -0.39 is 18.0 Å². The third kappa shape index (κ3) is 4.54. The third-order valence-electron chi connectivity index (χ3n) is 4.12. The molecule has 2 aromatic carbocycles. The Morgan fingerprint density at radius 2 is 1.94 bits per heavy atom. The molecule has 0 bridgehead atoms. The first-order valence-electron chi connectivity index (χ1n) is 9.21. The molecule has 0 saturated heterocycles. The molecule has 0 unspecified atom stereocenters. The average molecular weight is 446 g/mol. The molecule has 0 saturated carbocycles. The number of nitrogens with zero attached hydrogens (tertiary/aromatic N) is 2. The van der Waals surface area contributed by atoms with Crippen LogP contribution in [0.1, 0.15) is 19.4 Å². The van der Waals surface area contributed by atoms with E-state index in [9.17, 15) is 19.2 Å². The minimum atomic E-state index is -0.816. The predicted octanol–water partition coefficient (Wildman–Crippen LogP) is 5.96. The number of carbonyl (C=O) groups excluding carboxylic acids is 2. The number of ether oxygens (including phenoxy) is 2. The first kappa shape index (κ1) is 21.9. The molecular formula is C21H17ClFN3O5. The van der Waals surface area contributed by atoms with Crippen molar-refractivity contribution in [1.29, 1.82) is 5.26 Å². The van der Waals surface area contributed by atoms with Crippen LogP contribution in [0.3, 0.4) is 0 Å². The first-order valence-corrected chi connectivity index (χ1v) is 9.59. The fourth-order valence-corrected chi connectivity index (χ4v) is 3.03. The topological polar surface area (TPSA) is 105 Å². The molecule has 0 radical (unpaired) electrons. The summed E-state index contributed by atoms with van der Waals surface area (Å²) in [6.07, 6.45) is -1.63. The monoisotopic (exact) mass is 445 g/mol. The number of amides is 2. The lowest BCUT2D eigenvalue weighted by Crippen LogP contribution is -2.28. The van der Waals surface area contributed by atoms with Crippen LogP contribution in [0.25, 0.3) is 11.0 Å². The molecule has 0 aliphatic rings. The van der Waals surface area contributed by atoms with Gasteiger partial charge < -0.3 is 13.9 Å². The summed E-state index contributed by atoms with van der Waals surface area (Å²) < 4.78 is 29.5. The highest BCUT2D eigenvalue weighted by Crippen LogP contribution is 2.43. The van der Waals surface area contributed by atoms with Gasteiger partial charge in [0.25, 0.3) is 0 Å². The van der Waals surface area contributed by atoms with Crippen LogP contribution >= 0.6 is 11.6 Å². The number of nitrogens with one attached hydrogen (secondary N) is 1. The van der Waals surface area contributed by atoms with Crippen molar-refractivity contribution in [3.8, 4) is 6.07 Å². The molecular weight excluding hydrogens is 429 g/mol. The SMILES string of the molecule is CCOC(=O)Nc1oc2cc(C#N)ccc2c1N(C(=O)OCC)c1ccc(F)c(Cl)c1. The van der Waals surface area contributed by atoms with Crippen LogP contribution in [-0.4, -0.2) is 25.4 Å². The van der Waals surface area contributed by atoms with E-state index in [4.69, 9.17) is 25.5 Å². The van der Waals surface area contributed by atoms with E-state index in [-0.39, 0.29) is 41.1 Å². The lowest BCUT2D eigenvalue weighted by molar-refractivity contribution is 0.162. The quantitative estimate of drug-likeness (QED) is 0.519. The minimum absolute atomic E-state index is 0.0548. The van der Waals surface area contributed by atoms with Crippen LogP contribution in [-0.2, 0) is 9.47 Å². The summed E-state index contributed by atoms with van der Waals surface area (Å²) in [6, 6.07) is 10.2. The van der Waals surface area contributed by atoms with Gasteiger partial charge in [-0.3, -0.25) is 5.32 Å². The van der Waals surface area contributed by atoms with Gasteiger partial charge >= 0.3 is 12.2 Å². The summed E-state index contributed by atoms with van der Waals surface area (Å²) in [5.41, 5.74) is 0.809. The molecule has 3 aromatic rings. The van der Waals surface area contributed by atoms with E-state index >= 15 is 0 Å². The normalized spacial score (nSPS) is 10.4. The van der Waals surface area contributed by atoms with Crippen molar-refractivity contribution in [2.24, 2.45) is 0 Å². The first-order chi connectivity index (χ1) is 14.9. The highest BCUT2D eigenvalue weighted by molar-refractivity contribution is 6.31. The van der Waals surface area contributed by atoms with E-state index in [1.54, 1.807) is 19.9 Å². The second-order valence-corrected chi connectivity index (χ2v) is 6.49. The molecule has 10 heteroatoms. The van der Waals surface area contributed by atoms with E-state index in [1.165, 1.54) is 24.3 Å². The van der Waals surface area contributed by atoms with Gasteiger partial charge in [-0.2, -0.15) is 5.26 Å². The average Bonchev–Trinajstić information content (AvgIpc) is 3.07. The van der Waals surface area contributed by atoms with Gasteiger partial charge in [0.15, 0.2) is 0 Å². The van der Waals surface area contributed by atoms with E-state index in [1.807, 2.05) is 6.07 Å². The molecule has 3 rings (SSSR count). The van der Waals surface area contributed by atoms with E-state index in [0.29, 0.717) is 10.9 Å². The van der Waals surface area contributed by atoms with Crippen molar-refractivity contribution < 1.29 is 27.9 Å². The standard InChI is InChI=1S/C21H17ClFN3O5/c1-3-29-20(27)25-19-18(14-7-5-12(11-24)9-17(14)31-19)26(21(28)30-4-2)13-6-8-16(23)15(22)10-13/h5-10H,3-4H2,1-2H3,(H,25,27). The number of fused-ring (bicyclic) bond motifs is 1. The highest BCUT2D eigenvalue weighted by Gasteiger charge is 2.29. The van der Waals surface area contributed by atoms with Gasteiger partial charge in [-0.1, -0.05) is 11.6 Å². The molecule has 2 amide bonds. The van der Waals surface area contributed by atoms with Crippen molar-refractivity contribution >= 4 is 52.0 Å².